The second-order valence-electron chi connectivity index (χ2n) is 3.66. The zero-order valence-corrected chi connectivity index (χ0v) is 7.93. The molecule has 0 bridgehead atoms. The van der Waals surface area contributed by atoms with Crippen LogP contribution in [-0.2, 0) is 6.42 Å². The Morgan fingerprint density at radius 2 is 2.43 bits per heavy atom. The lowest BCUT2D eigenvalue weighted by molar-refractivity contribution is 0.0685. The minimum Gasteiger partial charge on any atom is -0.476 e. The van der Waals surface area contributed by atoms with Gasteiger partial charge < -0.3 is 10.1 Å². The van der Waals surface area contributed by atoms with Gasteiger partial charge in [0.2, 0.25) is 0 Å². The lowest BCUT2D eigenvalue weighted by Gasteiger charge is -2.05. The number of H-pyrrole nitrogens is 1. The Morgan fingerprint density at radius 3 is 3.00 bits per heavy atom. The van der Waals surface area contributed by atoms with Crippen molar-refractivity contribution >= 4 is 5.97 Å². The lowest BCUT2D eigenvalue weighted by atomic mass is 10.0. The van der Waals surface area contributed by atoms with E-state index >= 15 is 0 Å². The van der Waals surface area contributed by atoms with Gasteiger partial charge in [-0.15, -0.1) is 0 Å². The van der Waals surface area contributed by atoms with Crippen LogP contribution in [0.3, 0.4) is 0 Å². The molecule has 2 rings (SSSR count). The Hall–Kier alpha value is -1.32. The molecule has 76 valence electrons. The Bertz CT molecular complexity index is 384. The number of carboxylic acid groups (broad SMARTS) is 1. The van der Waals surface area contributed by atoms with E-state index in [1.807, 2.05) is 6.92 Å². The Morgan fingerprint density at radius 1 is 1.71 bits per heavy atom. The Labute approximate surface area is 80.9 Å². The standard InChI is InChI=1S/C10H12FNO2/c1-2-5-3-4-6-7(5)8(11)9(12-6)10(13)14/h5,12H,2-4H2,1H3,(H,13,14)/t5-/m0/s1. The number of aryl methyl sites for hydroxylation is 1. The first-order valence-corrected chi connectivity index (χ1v) is 4.78. The van der Waals surface area contributed by atoms with Crippen LogP contribution >= 0.6 is 0 Å². The fraction of sp³-hybridized carbons (Fsp3) is 0.500. The predicted molar refractivity (Wildman–Crippen MR) is 49.1 cm³/mol. The number of nitrogens with one attached hydrogen (secondary N) is 1. The van der Waals surface area contributed by atoms with Gasteiger partial charge in [-0.1, -0.05) is 6.92 Å². The van der Waals surface area contributed by atoms with E-state index in [0.717, 1.165) is 25.0 Å². The molecule has 1 heterocycles. The van der Waals surface area contributed by atoms with Gasteiger partial charge in [0.05, 0.1) is 0 Å². The summed E-state index contributed by atoms with van der Waals surface area (Å²) in [7, 11) is 0. The molecule has 0 radical (unpaired) electrons. The van der Waals surface area contributed by atoms with Gasteiger partial charge in [0.25, 0.3) is 0 Å². The van der Waals surface area contributed by atoms with Gasteiger partial charge in [0.15, 0.2) is 11.5 Å². The summed E-state index contributed by atoms with van der Waals surface area (Å²) in [6.07, 6.45) is 2.55. The van der Waals surface area contributed by atoms with E-state index in [4.69, 9.17) is 5.11 Å². The van der Waals surface area contributed by atoms with Crippen LogP contribution in [0.4, 0.5) is 4.39 Å². The second-order valence-corrected chi connectivity index (χ2v) is 3.66. The number of aromatic nitrogens is 1. The van der Waals surface area contributed by atoms with Crippen LogP contribution in [0.15, 0.2) is 0 Å². The Kier molecular flexibility index (Phi) is 2.06. The van der Waals surface area contributed by atoms with E-state index in [9.17, 15) is 9.18 Å². The van der Waals surface area contributed by atoms with Crippen LogP contribution in [-0.4, -0.2) is 16.1 Å². The maximum atomic E-state index is 13.6. The molecule has 14 heavy (non-hydrogen) atoms. The van der Waals surface area contributed by atoms with Crippen LogP contribution in [0.25, 0.3) is 0 Å². The van der Waals surface area contributed by atoms with Crippen molar-refractivity contribution in [1.29, 1.82) is 0 Å². The first-order chi connectivity index (χ1) is 6.65. The molecule has 1 atom stereocenters. The molecule has 4 heteroatoms. The molecule has 3 nitrogen and oxygen atoms in total. The molecule has 0 fully saturated rings. The smallest absolute Gasteiger partial charge is 0.355 e. The van der Waals surface area contributed by atoms with Crippen LogP contribution in [0, 0.1) is 5.82 Å². The molecule has 0 aromatic carbocycles. The molecule has 1 aromatic heterocycles. The number of hydrogen-bond donors (Lipinski definition) is 2. The normalized spacial score (nSPS) is 19.7. The number of aromatic amines is 1. The van der Waals surface area contributed by atoms with Crippen molar-refractivity contribution < 1.29 is 14.3 Å². The van der Waals surface area contributed by atoms with E-state index in [0.29, 0.717) is 5.56 Å². The summed E-state index contributed by atoms with van der Waals surface area (Å²) in [5.41, 5.74) is 1.09. The molecule has 0 amide bonds. The molecule has 0 unspecified atom stereocenters. The van der Waals surface area contributed by atoms with Gasteiger partial charge in [-0.2, -0.15) is 0 Å². The van der Waals surface area contributed by atoms with Crippen molar-refractivity contribution in [3.05, 3.63) is 22.8 Å². The molecule has 2 N–H and O–H groups in total. The summed E-state index contributed by atoms with van der Waals surface area (Å²) < 4.78 is 13.6. The summed E-state index contributed by atoms with van der Waals surface area (Å²) in [5, 5.41) is 8.71. The molecule has 0 saturated carbocycles. The summed E-state index contributed by atoms with van der Waals surface area (Å²) in [6.45, 7) is 1.99. The number of hydrogen-bond acceptors (Lipinski definition) is 1. The predicted octanol–water partition coefficient (Wildman–Crippen LogP) is 2.29. The summed E-state index contributed by atoms with van der Waals surface area (Å²) in [5.74, 6) is -1.59. The zero-order chi connectivity index (χ0) is 10.3. The summed E-state index contributed by atoms with van der Waals surface area (Å²) in [6, 6.07) is 0. The highest BCUT2D eigenvalue weighted by Gasteiger charge is 2.30. The van der Waals surface area contributed by atoms with Gasteiger partial charge in [0.1, 0.15) is 0 Å². The molecule has 0 aliphatic heterocycles. The number of halogens is 1. The van der Waals surface area contributed by atoms with E-state index in [2.05, 4.69) is 4.98 Å². The zero-order valence-electron chi connectivity index (χ0n) is 7.93. The minimum atomic E-state index is -1.22. The highest BCUT2D eigenvalue weighted by atomic mass is 19.1. The molecular weight excluding hydrogens is 185 g/mol. The first-order valence-electron chi connectivity index (χ1n) is 4.78. The van der Waals surface area contributed by atoms with E-state index in [-0.39, 0.29) is 11.6 Å². The highest BCUT2D eigenvalue weighted by molar-refractivity contribution is 5.86. The van der Waals surface area contributed by atoms with Crippen molar-refractivity contribution in [1.82, 2.24) is 4.98 Å². The quantitative estimate of drug-likeness (QED) is 0.764. The van der Waals surface area contributed by atoms with Gasteiger partial charge >= 0.3 is 5.97 Å². The van der Waals surface area contributed by atoms with Crippen LogP contribution in [0.5, 0.6) is 0 Å². The molecule has 0 spiro atoms. The van der Waals surface area contributed by atoms with Crippen molar-refractivity contribution in [2.75, 3.05) is 0 Å². The Balaban J connectivity index is 2.49. The van der Waals surface area contributed by atoms with E-state index < -0.39 is 11.8 Å². The maximum Gasteiger partial charge on any atom is 0.355 e. The van der Waals surface area contributed by atoms with Gasteiger partial charge in [0, 0.05) is 11.3 Å². The first kappa shape index (κ1) is 9.24. The number of aromatic carboxylic acids is 1. The third-order valence-corrected chi connectivity index (χ3v) is 2.91. The number of rotatable bonds is 2. The monoisotopic (exact) mass is 197 g/mol. The molecule has 1 aliphatic rings. The van der Waals surface area contributed by atoms with Crippen LogP contribution < -0.4 is 0 Å². The van der Waals surface area contributed by atoms with Gasteiger partial charge in [-0.25, -0.2) is 9.18 Å². The topological polar surface area (TPSA) is 53.1 Å². The minimum absolute atomic E-state index is 0.189. The second kappa shape index (κ2) is 3.12. The van der Waals surface area contributed by atoms with Crippen molar-refractivity contribution in [2.24, 2.45) is 0 Å². The number of fused-ring (bicyclic) bond motifs is 1. The largest absolute Gasteiger partial charge is 0.476 e. The van der Waals surface area contributed by atoms with Crippen molar-refractivity contribution in [2.45, 2.75) is 32.1 Å². The van der Waals surface area contributed by atoms with Crippen molar-refractivity contribution in [3.63, 3.8) is 0 Å². The number of carbonyl (C=O) groups is 1. The third-order valence-electron chi connectivity index (χ3n) is 2.91. The van der Waals surface area contributed by atoms with Crippen LogP contribution in [0.2, 0.25) is 0 Å². The van der Waals surface area contributed by atoms with Gasteiger partial charge in [-0.05, 0) is 25.2 Å². The van der Waals surface area contributed by atoms with E-state index in [1.165, 1.54) is 0 Å². The molecule has 1 aromatic rings. The summed E-state index contributed by atoms with van der Waals surface area (Å²) >= 11 is 0. The molecule has 1 aliphatic carbocycles. The fourth-order valence-corrected chi connectivity index (χ4v) is 2.18. The average Bonchev–Trinajstić information content (AvgIpc) is 2.66. The number of carboxylic acids is 1. The van der Waals surface area contributed by atoms with Crippen LogP contribution in [0.1, 0.15) is 47.4 Å². The molecule has 0 saturated heterocycles. The lowest BCUT2D eigenvalue weighted by Crippen LogP contribution is -2.02. The van der Waals surface area contributed by atoms with E-state index in [1.54, 1.807) is 0 Å². The third kappa shape index (κ3) is 1.14. The average molecular weight is 197 g/mol. The van der Waals surface area contributed by atoms with Gasteiger partial charge in [-0.3, -0.25) is 0 Å². The molecular formula is C10H12FNO2. The SMILES string of the molecule is CC[C@H]1CCc2[nH]c(C(=O)O)c(F)c21. The fourth-order valence-electron chi connectivity index (χ4n) is 2.18. The maximum absolute atomic E-state index is 13.6. The summed E-state index contributed by atoms with van der Waals surface area (Å²) in [4.78, 5) is 13.3. The highest BCUT2D eigenvalue weighted by Crippen LogP contribution is 2.37. The van der Waals surface area contributed by atoms with Crippen molar-refractivity contribution in [3.8, 4) is 0 Å².